The number of piperazine rings is 1. The lowest BCUT2D eigenvalue weighted by Crippen LogP contribution is -2.51. The smallest absolute Gasteiger partial charge is 0.230 e. The van der Waals surface area contributed by atoms with Crippen LogP contribution in [0, 0.1) is 13.8 Å². The highest BCUT2D eigenvalue weighted by atomic mass is 16.5. The van der Waals surface area contributed by atoms with E-state index in [2.05, 4.69) is 4.90 Å². The van der Waals surface area contributed by atoms with E-state index in [0.717, 1.165) is 30.2 Å². The Morgan fingerprint density at radius 1 is 1.33 bits per heavy atom. The van der Waals surface area contributed by atoms with Gasteiger partial charge in [-0.3, -0.25) is 9.69 Å². The normalized spacial score (nSPS) is 18.6. The summed E-state index contributed by atoms with van der Waals surface area (Å²) in [5.41, 5.74) is 0.979. The molecule has 6 heteroatoms. The van der Waals surface area contributed by atoms with E-state index < -0.39 is 6.10 Å². The standard InChI is InChI=1S/C18H30N2O4/c1-5-23-12-16(21)11-19-6-8-20(9-7-19)18(22)14(3)17-10-13(2)24-15(17)4/h10,14,16,21H,5-9,11-12H2,1-4H3/t14-,16+/m0/s1. The van der Waals surface area contributed by atoms with Crippen molar-refractivity contribution in [2.75, 3.05) is 45.9 Å². The predicted octanol–water partition coefficient (Wildman–Crippen LogP) is 1.54. The Kier molecular flexibility index (Phi) is 6.83. The fraction of sp³-hybridized carbons (Fsp3) is 0.722. The largest absolute Gasteiger partial charge is 0.466 e. The first-order chi connectivity index (χ1) is 11.4. The van der Waals surface area contributed by atoms with Crippen LogP contribution in [0.15, 0.2) is 10.5 Å². The number of hydrogen-bond donors (Lipinski definition) is 1. The maximum atomic E-state index is 12.7. The van der Waals surface area contributed by atoms with Gasteiger partial charge in [-0.1, -0.05) is 0 Å². The van der Waals surface area contributed by atoms with Crippen molar-refractivity contribution in [3.05, 3.63) is 23.2 Å². The SMILES string of the molecule is CCOC[C@H](O)CN1CCN(C(=O)[C@@H](C)c2cc(C)oc2C)CC1. The van der Waals surface area contributed by atoms with Crippen LogP contribution >= 0.6 is 0 Å². The minimum Gasteiger partial charge on any atom is -0.466 e. The van der Waals surface area contributed by atoms with Crippen LogP contribution in [0.25, 0.3) is 0 Å². The van der Waals surface area contributed by atoms with Crippen LogP contribution in [0.1, 0.15) is 36.8 Å². The molecule has 1 aromatic heterocycles. The number of aliphatic hydroxyl groups excluding tert-OH is 1. The number of amides is 1. The predicted molar refractivity (Wildman–Crippen MR) is 92.1 cm³/mol. The van der Waals surface area contributed by atoms with Crippen molar-refractivity contribution < 1.29 is 19.1 Å². The Morgan fingerprint density at radius 2 is 2.00 bits per heavy atom. The molecule has 1 saturated heterocycles. The van der Waals surface area contributed by atoms with Crippen molar-refractivity contribution in [2.24, 2.45) is 0 Å². The molecule has 0 aromatic carbocycles. The highest BCUT2D eigenvalue weighted by Crippen LogP contribution is 2.25. The van der Waals surface area contributed by atoms with Gasteiger partial charge in [0.1, 0.15) is 11.5 Å². The molecule has 0 radical (unpaired) electrons. The van der Waals surface area contributed by atoms with Gasteiger partial charge in [0.15, 0.2) is 0 Å². The Morgan fingerprint density at radius 3 is 2.54 bits per heavy atom. The highest BCUT2D eigenvalue weighted by molar-refractivity contribution is 5.83. The monoisotopic (exact) mass is 338 g/mol. The minimum absolute atomic E-state index is 0.147. The van der Waals surface area contributed by atoms with Gasteiger partial charge in [-0.05, 0) is 33.8 Å². The first-order valence-corrected chi connectivity index (χ1v) is 8.76. The van der Waals surface area contributed by atoms with Crippen molar-refractivity contribution in [1.29, 1.82) is 0 Å². The molecule has 1 aliphatic rings. The van der Waals surface area contributed by atoms with E-state index >= 15 is 0 Å². The Hall–Kier alpha value is -1.37. The van der Waals surface area contributed by atoms with Gasteiger partial charge in [-0.2, -0.15) is 0 Å². The van der Waals surface area contributed by atoms with Gasteiger partial charge >= 0.3 is 0 Å². The van der Waals surface area contributed by atoms with Gasteiger partial charge < -0.3 is 19.2 Å². The van der Waals surface area contributed by atoms with Crippen molar-refractivity contribution in [2.45, 2.75) is 39.7 Å². The number of nitrogens with zero attached hydrogens (tertiary/aromatic N) is 2. The summed E-state index contributed by atoms with van der Waals surface area (Å²) in [6.45, 7) is 12.2. The van der Waals surface area contributed by atoms with Gasteiger partial charge in [-0.15, -0.1) is 0 Å². The van der Waals surface area contributed by atoms with Gasteiger partial charge in [0.25, 0.3) is 0 Å². The molecular formula is C18H30N2O4. The van der Waals surface area contributed by atoms with Crippen molar-refractivity contribution in [3.8, 4) is 0 Å². The lowest BCUT2D eigenvalue weighted by Gasteiger charge is -2.36. The summed E-state index contributed by atoms with van der Waals surface area (Å²) in [4.78, 5) is 16.8. The van der Waals surface area contributed by atoms with E-state index in [1.54, 1.807) is 0 Å². The zero-order valence-corrected chi connectivity index (χ0v) is 15.2. The molecule has 6 nitrogen and oxygen atoms in total. The number of carbonyl (C=O) groups excluding carboxylic acids is 1. The Balaban J connectivity index is 1.83. The summed E-state index contributed by atoms with van der Waals surface area (Å²) in [6, 6.07) is 1.96. The van der Waals surface area contributed by atoms with Crippen molar-refractivity contribution in [3.63, 3.8) is 0 Å². The fourth-order valence-electron chi connectivity index (χ4n) is 3.24. The van der Waals surface area contributed by atoms with Gasteiger partial charge in [0, 0.05) is 44.9 Å². The van der Waals surface area contributed by atoms with Crippen molar-refractivity contribution >= 4 is 5.91 Å². The summed E-state index contributed by atoms with van der Waals surface area (Å²) in [7, 11) is 0. The Labute approximate surface area is 144 Å². The second-order valence-electron chi connectivity index (χ2n) is 6.53. The molecule has 2 heterocycles. The van der Waals surface area contributed by atoms with Crippen LogP contribution in [-0.2, 0) is 9.53 Å². The van der Waals surface area contributed by atoms with Crippen LogP contribution in [0.3, 0.4) is 0 Å². The first-order valence-electron chi connectivity index (χ1n) is 8.76. The maximum absolute atomic E-state index is 12.7. The zero-order valence-electron chi connectivity index (χ0n) is 15.2. The minimum atomic E-state index is -0.470. The molecule has 1 fully saturated rings. The fourth-order valence-corrected chi connectivity index (χ4v) is 3.24. The topological polar surface area (TPSA) is 66.2 Å². The Bertz CT molecular complexity index is 535. The number of carbonyl (C=O) groups is 1. The molecule has 1 aromatic rings. The number of aliphatic hydroxyl groups is 1. The van der Waals surface area contributed by atoms with Crippen LogP contribution in [0.2, 0.25) is 0 Å². The average molecular weight is 338 g/mol. The van der Waals surface area contributed by atoms with E-state index in [9.17, 15) is 9.90 Å². The maximum Gasteiger partial charge on any atom is 0.230 e. The van der Waals surface area contributed by atoms with E-state index in [-0.39, 0.29) is 11.8 Å². The molecule has 0 bridgehead atoms. The van der Waals surface area contributed by atoms with Gasteiger partial charge in [-0.25, -0.2) is 0 Å². The molecule has 2 rings (SSSR count). The van der Waals surface area contributed by atoms with Crippen LogP contribution < -0.4 is 0 Å². The molecule has 1 N–H and O–H groups in total. The highest BCUT2D eigenvalue weighted by Gasteiger charge is 2.28. The molecule has 1 amide bonds. The molecule has 136 valence electrons. The third kappa shape index (κ3) is 4.82. The molecule has 0 unspecified atom stereocenters. The van der Waals surface area contributed by atoms with Crippen molar-refractivity contribution in [1.82, 2.24) is 9.80 Å². The zero-order chi connectivity index (χ0) is 17.7. The van der Waals surface area contributed by atoms with Gasteiger partial charge in [0.05, 0.1) is 18.6 Å². The number of aryl methyl sites for hydroxylation is 2. The third-order valence-electron chi connectivity index (χ3n) is 4.58. The van der Waals surface area contributed by atoms with E-state index in [1.165, 1.54) is 0 Å². The first kappa shape index (κ1) is 19.0. The second-order valence-corrected chi connectivity index (χ2v) is 6.53. The number of rotatable bonds is 7. The summed E-state index contributed by atoms with van der Waals surface area (Å²) < 4.78 is 10.8. The molecule has 0 saturated carbocycles. The molecule has 2 atom stereocenters. The quantitative estimate of drug-likeness (QED) is 0.817. The number of furan rings is 1. The average Bonchev–Trinajstić information content (AvgIpc) is 2.90. The second kappa shape index (κ2) is 8.65. The molecule has 24 heavy (non-hydrogen) atoms. The van der Waals surface area contributed by atoms with E-state index in [4.69, 9.17) is 9.15 Å². The molecule has 0 spiro atoms. The van der Waals surface area contributed by atoms with Gasteiger partial charge in [0.2, 0.25) is 5.91 Å². The molecular weight excluding hydrogens is 308 g/mol. The number of ether oxygens (including phenoxy) is 1. The summed E-state index contributed by atoms with van der Waals surface area (Å²) in [6.07, 6.45) is -0.470. The molecule has 1 aliphatic heterocycles. The summed E-state index contributed by atoms with van der Waals surface area (Å²) in [5.74, 6) is 1.63. The lowest BCUT2D eigenvalue weighted by atomic mass is 9.99. The van der Waals surface area contributed by atoms with Crippen LogP contribution in [0.5, 0.6) is 0 Å². The van der Waals surface area contributed by atoms with E-state index in [1.807, 2.05) is 38.7 Å². The summed E-state index contributed by atoms with van der Waals surface area (Å²) in [5, 5.41) is 9.92. The summed E-state index contributed by atoms with van der Waals surface area (Å²) >= 11 is 0. The number of hydrogen-bond acceptors (Lipinski definition) is 5. The number of β-amino-alcohol motifs (C(OH)–C–C–N with tert-alkyl or cyclic N) is 1. The molecule has 0 aliphatic carbocycles. The third-order valence-corrected chi connectivity index (χ3v) is 4.58. The van der Waals surface area contributed by atoms with Crippen LogP contribution in [-0.4, -0.2) is 72.9 Å². The van der Waals surface area contributed by atoms with Crippen LogP contribution in [0.4, 0.5) is 0 Å². The van der Waals surface area contributed by atoms with E-state index in [0.29, 0.717) is 32.8 Å². The lowest BCUT2D eigenvalue weighted by molar-refractivity contribution is -0.134.